The van der Waals surface area contributed by atoms with E-state index in [2.05, 4.69) is 6.07 Å². The van der Waals surface area contributed by atoms with Crippen molar-refractivity contribution in [3.63, 3.8) is 0 Å². The van der Waals surface area contributed by atoms with Gasteiger partial charge in [0.05, 0.1) is 18.6 Å². The first-order valence-electron chi connectivity index (χ1n) is 10.1. The molecule has 0 bridgehead atoms. The smallest absolute Gasteiger partial charge is 0.330 e. The second-order valence-corrected chi connectivity index (χ2v) is 8.03. The lowest BCUT2D eigenvalue weighted by molar-refractivity contribution is -0.145. The second kappa shape index (κ2) is 8.65. The van der Waals surface area contributed by atoms with Crippen molar-refractivity contribution in [3.05, 3.63) is 72.3 Å². The topological polar surface area (TPSA) is 96.6 Å². The lowest BCUT2D eigenvalue weighted by Gasteiger charge is -2.22. The standard InChI is InChI=1S/C25H25NO5/c1-4-30-22(27)14-13-21-24(2,3)25(21,23(28)29)20(16-26)17-9-8-12-19(15-17)31-18-10-6-5-7-11-18/h5-15,20-21H,4H2,1-3H3,(H,28,29)/t20?,21-,25+/m0/s1. The maximum absolute atomic E-state index is 12.5. The summed E-state index contributed by atoms with van der Waals surface area (Å²) >= 11 is 0. The van der Waals surface area contributed by atoms with Crippen LogP contribution in [0, 0.1) is 28.1 Å². The third kappa shape index (κ3) is 3.91. The maximum atomic E-state index is 12.5. The Balaban J connectivity index is 1.96. The van der Waals surface area contributed by atoms with E-state index < -0.39 is 34.6 Å². The molecule has 2 aromatic rings. The normalized spacial score (nSPS) is 22.3. The van der Waals surface area contributed by atoms with Crippen LogP contribution in [-0.2, 0) is 14.3 Å². The molecule has 0 amide bonds. The summed E-state index contributed by atoms with van der Waals surface area (Å²) in [4.78, 5) is 24.3. The molecule has 2 aromatic carbocycles. The number of hydrogen-bond acceptors (Lipinski definition) is 5. The number of carboxylic acid groups (broad SMARTS) is 1. The predicted molar refractivity (Wildman–Crippen MR) is 114 cm³/mol. The van der Waals surface area contributed by atoms with Crippen molar-refractivity contribution < 1.29 is 24.2 Å². The minimum absolute atomic E-state index is 0.232. The van der Waals surface area contributed by atoms with Crippen LogP contribution in [-0.4, -0.2) is 23.7 Å². The molecule has 1 saturated carbocycles. The average Bonchev–Trinajstić information content (AvgIpc) is 3.24. The molecule has 0 spiro atoms. The summed E-state index contributed by atoms with van der Waals surface area (Å²) in [7, 11) is 0. The number of aliphatic carboxylic acids is 1. The summed E-state index contributed by atoms with van der Waals surface area (Å²) in [6.07, 6.45) is 2.81. The number of nitrogens with zero attached hydrogens (tertiary/aromatic N) is 1. The van der Waals surface area contributed by atoms with Crippen LogP contribution in [0.3, 0.4) is 0 Å². The molecule has 6 nitrogen and oxygen atoms in total. The Morgan fingerprint density at radius 1 is 1.16 bits per heavy atom. The van der Waals surface area contributed by atoms with Crippen molar-refractivity contribution in [2.24, 2.45) is 16.7 Å². The van der Waals surface area contributed by atoms with Crippen molar-refractivity contribution in [3.8, 4) is 17.6 Å². The predicted octanol–water partition coefficient (Wildman–Crippen LogP) is 4.93. The highest BCUT2D eigenvalue weighted by Gasteiger charge is 2.78. The van der Waals surface area contributed by atoms with Crippen LogP contribution in [0.25, 0.3) is 0 Å². The van der Waals surface area contributed by atoms with Gasteiger partial charge in [-0.15, -0.1) is 0 Å². The quantitative estimate of drug-likeness (QED) is 0.481. The fraction of sp³-hybridized carbons (Fsp3) is 0.320. The number of esters is 1. The van der Waals surface area contributed by atoms with Gasteiger partial charge in [-0.2, -0.15) is 5.26 Å². The van der Waals surface area contributed by atoms with Gasteiger partial charge in [-0.05, 0) is 42.2 Å². The number of allylic oxidation sites excluding steroid dienone is 1. The average molecular weight is 419 g/mol. The summed E-state index contributed by atoms with van der Waals surface area (Å²) in [6, 6.07) is 18.3. The molecule has 0 radical (unpaired) electrons. The number of benzene rings is 2. The van der Waals surface area contributed by atoms with Crippen molar-refractivity contribution in [2.45, 2.75) is 26.7 Å². The van der Waals surface area contributed by atoms with Gasteiger partial charge in [0, 0.05) is 12.0 Å². The van der Waals surface area contributed by atoms with E-state index >= 15 is 0 Å². The van der Waals surface area contributed by atoms with E-state index in [1.165, 1.54) is 6.08 Å². The molecule has 0 aromatic heterocycles. The van der Waals surface area contributed by atoms with Gasteiger partial charge in [-0.3, -0.25) is 4.79 Å². The molecule has 1 unspecified atom stereocenters. The Hall–Kier alpha value is -3.59. The van der Waals surface area contributed by atoms with Gasteiger partial charge >= 0.3 is 11.9 Å². The number of carbonyl (C=O) groups is 2. The number of hydrogen-bond donors (Lipinski definition) is 1. The van der Waals surface area contributed by atoms with Gasteiger partial charge in [-0.1, -0.05) is 50.3 Å². The van der Waals surface area contributed by atoms with Crippen molar-refractivity contribution >= 4 is 11.9 Å². The lowest BCUT2D eigenvalue weighted by Crippen LogP contribution is -2.28. The molecule has 1 aliphatic rings. The van der Waals surface area contributed by atoms with E-state index in [1.807, 2.05) is 30.3 Å². The molecule has 1 N–H and O–H groups in total. The molecule has 160 valence electrons. The van der Waals surface area contributed by atoms with E-state index in [4.69, 9.17) is 9.47 Å². The van der Waals surface area contributed by atoms with Gasteiger partial charge in [-0.25, -0.2) is 4.79 Å². The Morgan fingerprint density at radius 3 is 2.45 bits per heavy atom. The fourth-order valence-electron chi connectivity index (χ4n) is 4.50. The van der Waals surface area contributed by atoms with Gasteiger partial charge in [0.1, 0.15) is 16.9 Å². The third-order valence-electron chi connectivity index (χ3n) is 6.07. The molecule has 3 rings (SSSR count). The Kier molecular flexibility index (Phi) is 6.16. The van der Waals surface area contributed by atoms with E-state index in [1.54, 1.807) is 51.1 Å². The van der Waals surface area contributed by atoms with Crippen molar-refractivity contribution in [2.75, 3.05) is 6.61 Å². The van der Waals surface area contributed by atoms with E-state index in [-0.39, 0.29) is 6.61 Å². The molecule has 1 fully saturated rings. The zero-order chi connectivity index (χ0) is 22.6. The molecule has 3 atom stereocenters. The Morgan fingerprint density at radius 2 is 1.84 bits per heavy atom. The molecular formula is C25H25NO5. The highest BCUT2D eigenvalue weighted by atomic mass is 16.5. The van der Waals surface area contributed by atoms with E-state index in [0.717, 1.165) is 0 Å². The molecular weight excluding hydrogens is 394 g/mol. The fourth-order valence-corrected chi connectivity index (χ4v) is 4.50. The summed E-state index contributed by atoms with van der Waals surface area (Å²) in [5.41, 5.74) is -1.56. The second-order valence-electron chi connectivity index (χ2n) is 8.03. The zero-order valence-corrected chi connectivity index (χ0v) is 17.7. The summed E-state index contributed by atoms with van der Waals surface area (Å²) < 4.78 is 10.8. The Labute approximate surface area is 181 Å². The molecule has 31 heavy (non-hydrogen) atoms. The summed E-state index contributed by atoms with van der Waals surface area (Å²) in [5.74, 6) is -1.89. The van der Waals surface area contributed by atoms with Crippen LogP contribution in [0.4, 0.5) is 0 Å². The highest BCUT2D eigenvalue weighted by molar-refractivity contribution is 5.86. The van der Waals surface area contributed by atoms with Gasteiger partial charge in [0.2, 0.25) is 0 Å². The van der Waals surface area contributed by atoms with Gasteiger partial charge in [0.25, 0.3) is 0 Å². The largest absolute Gasteiger partial charge is 0.481 e. The number of carbonyl (C=O) groups excluding carboxylic acids is 1. The first-order valence-corrected chi connectivity index (χ1v) is 10.1. The molecule has 0 aliphatic heterocycles. The molecule has 6 heteroatoms. The highest BCUT2D eigenvalue weighted by Crippen LogP contribution is 2.75. The number of nitriles is 1. The SMILES string of the molecule is CCOC(=O)C=C[C@H]1C(C)(C)[C@]1(C(=O)O)C(C#N)c1cccc(Oc2ccccc2)c1. The van der Waals surface area contributed by atoms with E-state index in [9.17, 15) is 20.0 Å². The molecule has 1 aliphatic carbocycles. The molecule has 0 heterocycles. The Bertz CT molecular complexity index is 1040. The molecule has 0 saturated heterocycles. The van der Waals surface area contributed by atoms with Crippen LogP contribution < -0.4 is 4.74 Å². The number of para-hydroxylation sites is 1. The summed E-state index contributed by atoms with van der Waals surface area (Å²) in [5, 5.41) is 20.2. The maximum Gasteiger partial charge on any atom is 0.330 e. The lowest BCUT2D eigenvalue weighted by atomic mass is 9.78. The van der Waals surface area contributed by atoms with Crippen LogP contribution >= 0.6 is 0 Å². The van der Waals surface area contributed by atoms with Crippen LogP contribution in [0.15, 0.2) is 66.7 Å². The minimum atomic E-state index is -1.38. The first-order chi connectivity index (χ1) is 14.8. The number of carboxylic acids is 1. The van der Waals surface area contributed by atoms with Crippen LogP contribution in [0.5, 0.6) is 11.5 Å². The monoisotopic (exact) mass is 419 g/mol. The van der Waals surface area contributed by atoms with Gasteiger partial charge in [0.15, 0.2) is 0 Å². The number of ether oxygens (including phenoxy) is 2. The van der Waals surface area contributed by atoms with Crippen molar-refractivity contribution in [1.82, 2.24) is 0 Å². The first kappa shape index (κ1) is 22.1. The van der Waals surface area contributed by atoms with E-state index in [0.29, 0.717) is 17.1 Å². The summed E-state index contributed by atoms with van der Waals surface area (Å²) in [6.45, 7) is 5.53. The van der Waals surface area contributed by atoms with Crippen LogP contribution in [0.2, 0.25) is 0 Å². The van der Waals surface area contributed by atoms with Crippen molar-refractivity contribution in [1.29, 1.82) is 5.26 Å². The van der Waals surface area contributed by atoms with Gasteiger partial charge < -0.3 is 14.6 Å². The third-order valence-corrected chi connectivity index (χ3v) is 6.07. The number of rotatable bonds is 8. The zero-order valence-electron chi connectivity index (χ0n) is 17.7. The minimum Gasteiger partial charge on any atom is -0.481 e. The van der Waals surface area contributed by atoms with Crippen LogP contribution in [0.1, 0.15) is 32.3 Å².